The molecule has 1 aromatic heterocycles. The predicted molar refractivity (Wildman–Crippen MR) is 90.0 cm³/mol. The van der Waals surface area contributed by atoms with Crippen molar-refractivity contribution in [1.82, 2.24) is 14.5 Å². The Kier molecular flexibility index (Phi) is 3.37. The second-order valence-electron chi connectivity index (χ2n) is 7.09. The Morgan fingerprint density at radius 2 is 1.83 bits per heavy atom. The van der Waals surface area contributed by atoms with Crippen LogP contribution >= 0.6 is 0 Å². The molecule has 2 aliphatic rings. The molecule has 0 bridgehead atoms. The van der Waals surface area contributed by atoms with Gasteiger partial charge in [0.05, 0.1) is 11.0 Å². The SMILES string of the molecule is CC(C)c1cccc2c1n(C1CC1)c(=O)n2C1CCC(=O)NC1=O. The molecule has 126 valence electrons. The highest BCUT2D eigenvalue weighted by Crippen LogP contribution is 2.39. The largest absolute Gasteiger partial charge is 0.330 e. The van der Waals surface area contributed by atoms with Crippen molar-refractivity contribution in [3.63, 3.8) is 0 Å². The molecule has 1 aromatic carbocycles. The van der Waals surface area contributed by atoms with Crippen molar-refractivity contribution in [2.75, 3.05) is 0 Å². The van der Waals surface area contributed by atoms with E-state index in [2.05, 4.69) is 25.2 Å². The maximum atomic E-state index is 13.1. The minimum atomic E-state index is -0.611. The molecule has 1 saturated carbocycles. The normalized spacial score (nSPS) is 21.5. The van der Waals surface area contributed by atoms with Crippen molar-refractivity contribution in [2.45, 2.75) is 57.5 Å². The van der Waals surface area contributed by atoms with Crippen LogP contribution in [0.5, 0.6) is 0 Å². The van der Waals surface area contributed by atoms with Gasteiger partial charge in [0.25, 0.3) is 0 Å². The molecule has 2 aromatic rings. The van der Waals surface area contributed by atoms with Gasteiger partial charge in [-0.25, -0.2) is 4.79 Å². The van der Waals surface area contributed by atoms with Gasteiger partial charge in [0.1, 0.15) is 6.04 Å². The number of nitrogens with zero attached hydrogens (tertiary/aromatic N) is 2. The number of hydrogen-bond donors (Lipinski definition) is 1. The molecular formula is C18H21N3O3. The third-order valence-electron chi connectivity index (χ3n) is 5.01. The molecule has 1 atom stereocenters. The Morgan fingerprint density at radius 1 is 1.08 bits per heavy atom. The van der Waals surface area contributed by atoms with E-state index in [4.69, 9.17) is 0 Å². The highest BCUT2D eigenvalue weighted by Gasteiger charge is 2.35. The van der Waals surface area contributed by atoms with E-state index in [-0.39, 0.29) is 35.9 Å². The van der Waals surface area contributed by atoms with E-state index < -0.39 is 6.04 Å². The predicted octanol–water partition coefficient (Wildman–Crippen LogP) is 2.24. The van der Waals surface area contributed by atoms with Gasteiger partial charge in [-0.1, -0.05) is 26.0 Å². The summed E-state index contributed by atoms with van der Waals surface area (Å²) in [5.74, 6) is -0.355. The number of amides is 2. The second kappa shape index (κ2) is 5.33. The topological polar surface area (TPSA) is 73.1 Å². The monoisotopic (exact) mass is 327 g/mol. The number of aromatic nitrogens is 2. The van der Waals surface area contributed by atoms with Gasteiger partial charge in [0, 0.05) is 12.5 Å². The summed E-state index contributed by atoms with van der Waals surface area (Å²) in [6, 6.07) is 5.52. The van der Waals surface area contributed by atoms with Gasteiger partial charge < -0.3 is 0 Å². The van der Waals surface area contributed by atoms with Crippen molar-refractivity contribution in [2.24, 2.45) is 0 Å². The van der Waals surface area contributed by atoms with E-state index in [1.807, 2.05) is 16.7 Å². The molecule has 1 unspecified atom stereocenters. The van der Waals surface area contributed by atoms with Gasteiger partial charge in [-0.3, -0.25) is 24.0 Å². The van der Waals surface area contributed by atoms with Crippen LogP contribution in [-0.4, -0.2) is 20.9 Å². The van der Waals surface area contributed by atoms with Crippen molar-refractivity contribution >= 4 is 22.8 Å². The summed E-state index contributed by atoms with van der Waals surface area (Å²) in [6.45, 7) is 4.22. The van der Waals surface area contributed by atoms with Gasteiger partial charge in [0.15, 0.2) is 0 Å². The van der Waals surface area contributed by atoms with Crippen molar-refractivity contribution in [1.29, 1.82) is 0 Å². The molecular weight excluding hydrogens is 306 g/mol. The van der Waals surface area contributed by atoms with E-state index >= 15 is 0 Å². The molecule has 4 rings (SSSR count). The summed E-state index contributed by atoms with van der Waals surface area (Å²) in [4.78, 5) is 36.9. The lowest BCUT2D eigenvalue weighted by molar-refractivity contribution is -0.135. The van der Waals surface area contributed by atoms with Crippen LogP contribution in [0.25, 0.3) is 11.0 Å². The zero-order chi connectivity index (χ0) is 17.0. The number of benzene rings is 1. The van der Waals surface area contributed by atoms with E-state index in [0.29, 0.717) is 6.42 Å². The first-order valence-electron chi connectivity index (χ1n) is 8.58. The van der Waals surface area contributed by atoms with Crippen LogP contribution < -0.4 is 11.0 Å². The number of nitrogens with one attached hydrogen (secondary N) is 1. The highest BCUT2D eigenvalue weighted by atomic mass is 16.2. The Bertz CT molecular complexity index is 902. The number of para-hydroxylation sites is 1. The fourth-order valence-corrected chi connectivity index (χ4v) is 3.69. The summed E-state index contributed by atoms with van der Waals surface area (Å²) in [5, 5.41) is 2.36. The van der Waals surface area contributed by atoms with Crippen LogP contribution in [0.2, 0.25) is 0 Å². The summed E-state index contributed by atoms with van der Waals surface area (Å²) >= 11 is 0. The number of imidazole rings is 1. The minimum absolute atomic E-state index is 0.130. The summed E-state index contributed by atoms with van der Waals surface area (Å²) in [6.07, 6.45) is 2.64. The standard InChI is InChI=1S/C18H21N3O3/c1-10(2)12-4-3-5-13-16(12)20(11-6-7-11)18(24)21(13)14-8-9-15(22)19-17(14)23/h3-5,10-11,14H,6-9H2,1-2H3,(H,19,22,23). The first-order chi connectivity index (χ1) is 11.5. The number of fused-ring (bicyclic) bond motifs is 1. The van der Waals surface area contributed by atoms with Crippen LogP contribution in [0.3, 0.4) is 0 Å². The average molecular weight is 327 g/mol. The first kappa shape index (κ1) is 15.2. The van der Waals surface area contributed by atoms with E-state index in [0.717, 1.165) is 29.4 Å². The molecule has 1 N–H and O–H groups in total. The number of imide groups is 1. The number of carbonyl (C=O) groups is 2. The number of rotatable bonds is 3. The van der Waals surface area contributed by atoms with Gasteiger partial charge in [-0.05, 0) is 36.8 Å². The number of hydrogen-bond acceptors (Lipinski definition) is 3. The first-order valence-corrected chi connectivity index (χ1v) is 8.58. The molecule has 6 nitrogen and oxygen atoms in total. The fourth-order valence-electron chi connectivity index (χ4n) is 3.69. The lowest BCUT2D eigenvalue weighted by atomic mass is 10.0. The number of piperidine rings is 1. The van der Waals surface area contributed by atoms with Crippen LogP contribution in [0.15, 0.2) is 23.0 Å². The summed E-state index contributed by atoms with van der Waals surface area (Å²) < 4.78 is 3.47. The Balaban J connectivity index is 1.98. The second-order valence-corrected chi connectivity index (χ2v) is 7.09. The van der Waals surface area contributed by atoms with Crippen LogP contribution in [-0.2, 0) is 9.59 Å². The fraction of sp³-hybridized carbons (Fsp3) is 0.500. The minimum Gasteiger partial charge on any atom is -0.295 e. The quantitative estimate of drug-likeness (QED) is 0.879. The van der Waals surface area contributed by atoms with E-state index in [1.54, 1.807) is 4.57 Å². The zero-order valence-corrected chi connectivity index (χ0v) is 13.9. The van der Waals surface area contributed by atoms with Crippen LogP contribution in [0.1, 0.15) is 63.1 Å². The van der Waals surface area contributed by atoms with Crippen LogP contribution in [0.4, 0.5) is 0 Å². The highest BCUT2D eigenvalue weighted by molar-refractivity contribution is 6.00. The third-order valence-corrected chi connectivity index (χ3v) is 5.01. The molecule has 0 radical (unpaired) electrons. The average Bonchev–Trinajstić information content (AvgIpc) is 3.31. The Morgan fingerprint density at radius 3 is 2.46 bits per heavy atom. The molecule has 1 aliphatic heterocycles. The zero-order valence-electron chi connectivity index (χ0n) is 13.9. The van der Waals surface area contributed by atoms with Gasteiger partial charge in [0.2, 0.25) is 11.8 Å². The van der Waals surface area contributed by atoms with Gasteiger partial charge >= 0.3 is 5.69 Å². The smallest absolute Gasteiger partial charge is 0.295 e. The lowest BCUT2D eigenvalue weighted by Gasteiger charge is -2.22. The Labute approximate surface area is 139 Å². The molecule has 24 heavy (non-hydrogen) atoms. The molecule has 1 saturated heterocycles. The lowest BCUT2D eigenvalue weighted by Crippen LogP contribution is -2.44. The Hall–Kier alpha value is -2.37. The van der Waals surface area contributed by atoms with Gasteiger partial charge in [-0.15, -0.1) is 0 Å². The molecule has 2 fully saturated rings. The summed E-state index contributed by atoms with van der Waals surface area (Å²) in [7, 11) is 0. The molecule has 2 amide bonds. The van der Waals surface area contributed by atoms with Crippen LogP contribution in [0, 0.1) is 0 Å². The molecule has 0 spiro atoms. The van der Waals surface area contributed by atoms with E-state index in [9.17, 15) is 14.4 Å². The van der Waals surface area contributed by atoms with Crippen molar-refractivity contribution < 1.29 is 9.59 Å². The molecule has 6 heteroatoms. The van der Waals surface area contributed by atoms with Gasteiger partial charge in [-0.2, -0.15) is 0 Å². The summed E-state index contributed by atoms with van der Waals surface area (Å²) in [5.41, 5.74) is 2.75. The molecule has 2 heterocycles. The molecule has 1 aliphatic carbocycles. The van der Waals surface area contributed by atoms with E-state index in [1.165, 1.54) is 0 Å². The maximum absolute atomic E-state index is 13.1. The van der Waals surface area contributed by atoms with Crippen molar-refractivity contribution in [3.05, 3.63) is 34.2 Å². The third kappa shape index (κ3) is 2.20. The number of carbonyl (C=O) groups excluding carboxylic acids is 2. The van der Waals surface area contributed by atoms with Crippen molar-refractivity contribution in [3.8, 4) is 0 Å². The maximum Gasteiger partial charge on any atom is 0.330 e.